The van der Waals surface area contributed by atoms with Crippen molar-refractivity contribution in [2.24, 2.45) is 11.1 Å². The van der Waals surface area contributed by atoms with Gasteiger partial charge in [0.05, 0.1) is 5.71 Å². The lowest BCUT2D eigenvalue weighted by Gasteiger charge is -2.22. The molecule has 0 atom stereocenters. The lowest BCUT2D eigenvalue weighted by Crippen LogP contribution is -2.30. The van der Waals surface area contributed by atoms with E-state index in [9.17, 15) is 5.21 Å². The number of benzene rings is 1. The third kappa shape index (κ3) is 3.56. The SMILES string of the molecule is O/N=C1\CCc2cc(-c3cn(CC4CCNCC4)nc3-c3ccncc3)ccc21. The van der Waals surface area contributed by atoms with E-state index in [2.05, 4.69) is 44.5 Å². The highest BCUT2D eigenvalue weighted by molar-refractivity contribution is 6.04. The van der Waals surface area contributed by atoms with Gasteiger partial charge in [-0.25, -0.2) is 0 Å². The summed E-state index contributed by atoms with van der Waals surface area (Å²) in [5.74, 6) is 0.664. The molecule has 6 nitrogen and oxygen atoms in total. The molecule has 1 aliphatic heterocycles. The minimum Gasteiger partial charge on any atom is -0.411 e. The molecule has 5 rings (SSSR count). The number of pyridine rings is 1. The Labute approximate surface area is 170 Å². The second kappa shape index (κ2) is 7.79. The minimum absolute atomic E-state index is 0.664. The maximum atomic E-state index is 9.22. The minimum atomic E-state index is 0.664. The molecule has 2 aromatic heterocycles. The molecule has 1 fully saturated rings. The first-order valence-corrected chi connectivity index (χ1v) is 10.3. The van der Waals surface area contributed by atoms with Gasteiger partial charge in [-0.05, 0) is 68.0 Å². The van der Waals surface area contributed by atoms with Gasteiger partial charge in [0.2, 0.25) is 0 Å². The van der Waals surface area contributed by atoms with Gasteiger partial charge in [0.15, 0.2) is 0 Å². The Bertz CT molecular complexity index is 1030. The van der Waals surface area contributed by atoms with Crippen LogP contribution in [0.3, 0.4) is 0 Å². The van der Waals surface area contributed by atoms with Crippen molar-refractivity contribution in [3.63, 3.8) is 0 Å². The average Bonchev–Trinajstić information content (AvgIpc) is 3.38. The molecule has 0 bridgehead atoms. The van der Waals surface area contributed by atoms with E-state index in [1.165, 1.54) is 18.4 Å². The molecule has 3 aromatic rings. The molecule has 2 N–H and O–H groups in total. The van der Waals surface area contributed by atoms with E-state index in [-0.39, 0.29) is 0 Å². The Kier molecular flexibility index (Phi) is 4.86. The highest BCUT2D eigenvalue weighted by Crippen LogP contribution is 2.34. The molecular formula is C23H25N5O. The highest BCUT2D eigenvalue weighted by atomic mass is 16.4. The van der Waals surface area contributed by atoms with Gasteiger partial charge in [0.1, 0.15) is 5.69 Å². The molecule has 1 aliphatic carbocycles. The molecular weight excluding hydrogens is 362 g/mol. The number of oxime groups is 1. The van der Waals surface area contributed by atoms with Crippen molar-refractivity contribution in [1.29, 1.82) is 0 Å². The molecule has 148 valence electrons. The van der Waals surface area contributed by atoms with Gasteiger partial charge in [-0.3, -0.25) is 9.67 Å². The fourth-order valence-corrected chi connectivity index (χ4v) is 4.52. The first-order chi connectivity index (χ1) is 14.3. The summed E-state index contributed by atoms with van der Waals surface area (Å²) >= 11 is 0. The smallest absolute Gasteiger partial charge is 0.100 e. The molecule has 0 spiro atoms. The van der Waals surface area contributed by atoms with E-state index in [0.717, 1.165) is 66.1 Å². The predicted octanol–water partition coefficient (Wildman–Crippen LogP) is 3.74. The maximum Gasteiger partial charge on any atom is 0.100 e. The zero-order chi connectivity index (χ0) is 19.6. The molecule has 0 radical (unpaired) electrons. The van der Waals surface area contributed by atoms with Crippen molar-refractivity contribution in [1.82, 2.24) is 20.1 Å². The number of hydrogen-bond acceptors (Lipinski definition) is 5. The van der Waals surface area contributed by atoms with Gasteiger partial charge >= 0.3 is 0 Å². The van der Waals surface area contributed by atoms with Crippen LogP contribution in [-0.2, 0) is 13.0 Å². The average molecular weight is 387 g/mol. The van der Waals surface area contributed by atoms with Gasteiger partial charge in [-0.15, -0.1) is 0 Å². The molecule has 0 unspecified atom stereocenters. The molecule has 0 amide bonds. The lowest BCUT2D eigenvalue weighted by atomic mass is 9.98. The van der Waals surface area contributed by atoms with Crippen LogP contribution in [0.1, 0.15) is 30.4 Å². The Balaban J connectivity index is 1.54. The Morgan fingerprint density at radius 2 is 1.86 bits per heavy atom. The Morgan fingerprint density at radius 3 is 2.66 bits per heavy atom. The standard InChI is InChI=1S/C23H25N5O/c29-27-22-4-2-18-13-19(1-3-20(18)22)21-15-28(14-16-5-9-24-10-6-16)26-23(21)17-7-11-25-12-8-17/h1,3,7-8,11-13,15-16,24,29H,2,4-6,9-10,14H2/b27-22+. The molecule has 3 heterocycles. The summed E-state index contributed by atoms with van der Waals surface area (Å²) in [6, 6.07) is 10.5. The van der Waals surface area contributed by atoms with Crippen molar-refractivity contribution in [2.75, 3.05) is 13.1 Å². The largest absolute Gasteiger partial charge is 0.411 e. The zero-order valence-corrected chi connectivity index (χ0v) is 16.4. The molecule has 29 heavy (non-hydrogen) atoms. The van der Waals surface area contributed by atoms with Crippen molar-refractivity contribution in [2.45, 2.75) is 32.2 Å². The van der Waals surface area contributed by atoms with Crippen LogP contribution in [0.15, 0.2) is 54.1 Å². The number of piperidine rings is 1. The number of aromatic nitrogens is 3. The molecule has 6 heteroatoms. The van der Waals surface area contributed by atoms with Crippen molar-refractivity contribution in [3.8, 4) is 22.4 Å². The van der Waals surface area contributed by atoms with E-state index in [0.29, 0.717) is 5.92 Å². The Hall–Kier alpha value is -2.99. The number of nitrogens with one attached hydrogen (secondary N) is 1. The number of aryl methyl sites for hydroxylation is 1. The first-order valence-electron chi connectivity index (χ1n) is 10.3. The van der Waals surface area contributed by atoms with Crippen LogP contribution in [0.5, 0.6) is 0 Å². The number of rotatable bonds is 4. The lowest BCUT2D eigenvalue weighted by molar-refractivity contribution is 0.318. The summed E-state index contributed by atoms with van der Waals surface area (Å²) in [5, 5.41) is 21.1. The molecule has 1 saturated heterocycles. The van der Waals surface area contributed by atoms with E-state index in [1.807, 2.05) is 24.5 Å². The van der Waals surface area contributed by atoms with E-state index in [1.54, 1.807) is 0 Å². The van der Waals surface area contributed by atoms with Gasteiger partial charge in [0, 0.05) is 41.8 Å². The van der Waals surface area contributed by atoms with E-state index in [4.69, 9.17) is 5.10 Å². The fourth-order valence-electron chi connectivity index (χ4n) is 4.52. The maximum absolute atomic E-state index is 9.22. The van der Waals surface area contributed by atoms with Crippen molar-refractivity contribution >= 4 is 5.71 Å². The van der Waals surface area contributed by atoms with Gasteiger partial charge in [-0.1, -0.05) is 23.4 Å². The number of fused-ring (bicyclic) bond motifs is 1. The van der Waals surface area contributed by atoms with Crippen LogP contribution >= 0.6 is 0 Å². The summed E-state index contributed by atoms with van der Waals surface area (Å²) in [6.07, 6.45) is 9.92. The third-order valence-corrected chi connectivity index (χ3v) is 6.10. The fraction of sp³-hybridized carbons (Fsp3) is 0.348. The van der Waals surface area contributed by atoms with Crippen molar-refractivity contribution < 1.29 is 5.21 Å². The van der Waals surface area contributed by atoms with Crippen LogP contribution in [0.2, 0.25) is 0 Å². The summed E-state index contributed by atoms with van der Waals surface area (Å²) in [5.41, 5.74) is 7.45. The van der Waals surface area contributed by atoms with Crippen LogP contribution in [0.4, 0.5) is 0 Å². The van der Waals surface area contributed by atoms with Crippen molar-refractivity contribution in [3.05, 3.63) is 60.0 Å². The predicted molar refractivity (Wildman–Crippen MR) is 113 cm³/mol. The third-order valence-electron chi connectivity index (χ3n) is 6.10. The summed E-state index contributed by atoms with van der Waals surface area (Å²) in [4.78, 5) is 4.16. The number of hydrogen-bond donors (Lipinski definition) is 2. The van der Waals surface area contributed by atoms with Gasteiger partial charge in [0.25, 0.3) is 0 Å². The van der Waals surface area contributed by atoms with Crippen LogP contribution in [-0.4, -0.2) is 38.8 Å². The van der Waals surface area contributed by atoms with E-state index < -0.39 is 0 Å². The normalized spacial score (nSPS) is 18.3. The second-order valence-electron chi connectivity index (χ2n) is 7.96. The summed E-state index contributed by atoms with van der Waals surface area (Å²) < 4.78 is 2.12. The molecule has 0 saturated carbocycles. The highest BCUT2D eigenvalue weighted by Gasteiger charge is 2.21. The quantitative estimate of drug-likeness (QED) is 0.528. The molecule has 2 aliphatic rings. The topological polar surface area (TPSA) is 75.3 Å². The summed E-state index contributed by atoms with van der Waals surface area (Å²) in [6.45, 7) is 3.14. The van der Waals surface area contributed by atoms with Crippen LogP contribution < -0.4 is 5.32 Å². The van der Waals surface area contributed by atoms with Crippen LogP contribution in [0, 0.1) is 5.92 Å². The monoisotopic (exact) mass is 387 g/mol. The van der Waals surface area contributed by atoms with Gasteiger partial charge in [-0.2, -0.15) is 5.10 Å². The second-order valence-corrected chi connectivity index (χ2v) is 7.96. The van der Waals surface area contributed by atoms with E-state index >= 15 is 0 Å². The zero-order valence-electron chi connectivity index (χ0n) is 16.4. The number of nitrogens with zero attached hydrogens (tertiary/aromatic N) is 4. The Morgan fingerprint density at radius 1 is 1.03 bits per heavy atom. The molecule has 1 aromatic carbocycles. The summed E-state index contributed by atoms with van der Waals surface area (Å²) in [7, 11) is 0. The first kappa shape index (κ1) is 18.1. The van der Waals surface area contributed by atoms with Gasteiger partial charge < -0.3 is 10.5 Å². The van der Waals surface area contributed by atoms with Crippen LogP contribution in [0.25, 0.3) is 22.4 Å².